The number of benzene rings is 1. The van der Waals surface area contributed by atoms with E-state index in [0.29, 0.717) is 0 Å². The van der Waals surface area contributed by atoms with Gasteiger partial charge in [-0.1, -0.05) is 6.07 Å². The molecule has 2 atom stereocenters. The number of aromatic nitrogens is 3. The fourth-order valence-corrected chi connectivity index (χ4v) is 2.35. The van der Waals surface area contributed by atoms with Gasteiger partial charge in [-0.2, -0.15) is 5.10 Å². The van der Waals surface area contributed by atoms with E-state index in [0.717, 1.165) is 23.6 Å². The highest BCUT2D eigenvalue weighted by atomic mass is 16.5. The van der Waals surface area contributed by atoms with Gasteiger partial charge in [0.1, 0.15) is 24.2 Å². The minimum atomic E-state index is 0.157. The van der Waals surface area contributed by atoms with E-state index in [1.165, 1.54) is 0 Å². The van der Waals surface area contributed by atoms with Gasteiger partial charge in [0.25, 0.3) is 0 Å². The van der Waals surface area contributed by atoms with Crippen molar-refractivity contribution in [3.63, 3.8) is 0 Å². The molecule has 2 aromatic rings. The number of hydrogen-bond acceptors (Lipinski definition) is 5. The van der Waals surface area contributed by atoms with Crippen LogP contribution in [0.15, 0.2) is 30.9 Å². The van der Waals surface area contributed by atoms with Gasteiger partial charge in [0.2, 0.25) is 0 Å². The van der Waals surface area contributed by atoms with Crippen molar-refractivity contribution in [3.8, 4) is 11.5 Å². The predicted octanol–water partition coefficient (Wildman–Crippen LogP) is 2.03. The average molecular weight is 290 g/mol. The predicted molar refractivity (Wildman–Crippen MR) is 80.6 cm³/mol. The molecule has 1 aromatic carbocycles. The molecular formula is C15H22N4O2. The molecule has 0 bridgehead atoms. The van der Waals surface area contributed by atoms with Crippen molar-refractivity contribution >= 4 is 0 Å². The standard InChI is InChI=1S/C15H22N4O2/c1-11(8-19-10-16-9-17-19)18-12(2)14-6-5-13(20-3)7-15(14)21-4/h5-7,9-12,18H,8H2,1-4H3/t11-,12+/m0/s1. The lowest BCUT2D eigenvalue weighted by molar-refractivity contribution is 0.374. The van der Waals surface area contributed by atoms with Crippen LogP contribution in [0.2, 0.25) is 0 Å². The van der Waals surface area contributed by atoms with Crippen LogP contribution in [0.25, 0.3) is 0 Å². The second kappa shape index (κ2) is 7.08. The fourth-order valence-electron chi connectivity index (χ4n) is 2.35. The van der Waals surface area contributed by atoms with Crippen molar-refractivity contribution in [2.45, 2.75) is 32.5 Å². The van der Waals surface area contributed by atoms with Crippen LogP contribution in [0.4, 0.5) is 0 Å². The largest absolute Gasteiger partial charge is 0.497 e. The topological polar surface area (TPSA) is 61.2 Å². The van der Waals surface area contributed by atoms with Crippen LogP contribution < -0.4 is 14.8 Å². The summed E-state index contributed by atoms with van der Waals surface area (Å²) < 4.78 is 12.5. The zero-order valence-corrected chi connectivity index (χ0v) is 12.9. The number of nitrogens with zero attached hydrogens (tertiary/aromatic N) is 3. The molecule has 0 spiro atoms. The molecule has 0 aliphatic heterocycles. The van der Waals surface area contributed by atoms with E-state index in [4.69, 9.17) is 9.47 Å². The summed E-state index contributed by atoms with van der Waals surface area (Å²) in [5.41, 5.74) is 1.10. The van der Waals surface area contributed by atoms with Crippen molar-refractivity contribution in [2.24, 2.45) is 0 Å². The third kappa shape index (κ3) is 3.95. The quantitative estimate of drug-likeness (QED) is 0.845. The Labute approximate surface area is 125 Å². The van der Waals surface area contributed by atoms with Crippen molar-refractivity contribution in [1.29, 1.82) is 0 Å². The molecule has 0 amide bonds. The zero-order valence-electron chi connectivity index (χ0n) is 12.9. The Bertz CT molecular complexity index is 557. The van der Waals surface area contributed by atoms with E-state index in [1.807, 2.05) is 22.9 Å². The summed E-state index contributed by atoms with van der Waals surface area (Å²) in [4.78, 5) is 3.95. The third-order valence-corrected chi connectivity index (χ3v) is 3.37. The van der Waals surface area contributed by atoms with E-state index in [-0.39, 0.29) is 12.1 Å². The van der Waals surface area contributed by atoms with Gasteiger partial charge in [-0.15, -0.1) is 0 Å². The molecule has 6 nitrogen and oxygen atoms in total. The molecular weight excluding hydrogens is 268 g/mol. The van der Waals surface area contributed by atoms with Crippen molar-refractivity contribution < 1.29 is 9.47 Å². The maximum absolute atomic E-state index is 5.45. The molecule has 114 valence electrons. The Morgan fingerprint density at radius 1 is 1.24 bits per heavy atom. The summed E-state index contributed by atoms with van der Waals surface area (Å²) >= 11 is 0. The molecule has 1 aromatic heterocycles. The first-order chi connectivity index (χ1) is 10.1. The van der Waals surface area contributed by atoms with E-state index in [9.17, 15) is 0 Å². The number of nitrogens with one attached hydrogen (secondary N) is 1. The summed E-state index contributed by atoms with van der Waals surface area (Å²) in [5.74, 6) is 1.61. The first kappa shape index (κ1) is 15.3. The molecule has 21 heavy (non-hydrogen) atoms. The van der Waals surface area contributed by atoms with E-state index < -0.39 is 0 Å². The van der Waals surface area contributed by atoms with Crippen LogP contribution in [-0.2, 0) is 6.54 Å². The fraction of sp³-hybridized carbons (Fsp3) is 0.467. The van der Waals surface area contributed by atoms with Gasteiger partial charge in [0.15, 0.2) is 0 Å². The van der Waals surface area contributed by atoms with E-state index in [2.05, 4.69) is 29.2 Å². The van der Waals surface area contributed by atoms with Crippen LogP contribution in [0.3, 0.4) is 0 Å². The van der Waals surface area contributed by atoms with Crippen LogP contribution >= 0.6 is 0 Å². The number of rotatable bonds is 7. The third-order valence-electron chi connectivity index (χ3n) is 3.37. The van der Waals surface area contributed by atoms with Gasteiger partial charge in [-0.05, 0) is 19.9 Å². The monoisotopic (exact) mass is 290 g/mol. The zero-order chi connectivity index (χ0) is 15.2. The van der Waals surface area contributed by atoms with Crippen molar-refractivity contribution in [2.75, 3.05) is 14.2 Å². The summed E-state index contributed by atoms with van der Waals surface area (Å²) in [6, 6.07) is 6.28. The number of ether oxygens (including phenoxy) is 2. The summed E-state index contributed by atoms with van der Waals surface area (Å²) in [6.07, 6.45) is 3.26. The lowest BCUT2D eigenvalue weighted by atomic mass is 10.1. The second-order valence-electron chi connectivity index (χ2n) is 5.01. The van der Waals surface area contributed by atoms with Gasteiger partial charge in [0.05, 0.1) is 20.8 Å². The average Bonchev–Trinajstić information content (AvgIpc) is 2.99. The minimum Gasteiger partial charge on any atom is -0.497 e. The van der Waals surface area contributed by atoms with Gasteiger partial charge in [0, 0.05) is 23.7 Å². The number of hydrogen-bond donors (Lipinski definition) is 1. The first-order valence-corrected chi connectivity index (χ1v) is 6.94. The van der Waals surface area contributed by atoms with Crippen LogP contribution in [-0.4, -0.2) is 35.0 Å². The minimum absolute atomic E-state index is 0.157. The second-order valence-corrected chi connectivity index (χ2v) is 5.01. The smallest absolute Gasteiger partial charge is 0.137 e. The summed E-state index contributed by atoms with van der Waals surface area (Å²) in [5, 5.41) is 7.65. The van der Waals surface area contributed by atoms with Crippen LogP contribution in [0.1, 0.15) is 25.5 Å². The van der Waals surface area contributed by atoms with E-state index >= 15 is 0 Å². The van der Waals surface area contributed by atoms with Gasteiger partial charge in [-0.25, -0.2) is 4.98 Å². The Morgan fingerprint density at radius 3 is 2.67 bits per heavy atom. The lowest BCUT2D eigenvalue weighted by Crippen LogP contribution is -2.33. The Hall–Kier alpha value is -2.08. The molecule has 0 unspecified atom stereocenters. The summed E-state index contributed by atoms with van der Waals surface area (Å²) in [6.45, 7) is 5.00. The lowest BCUT2D eigenvalue weighted by Gasteiger charge is -2.22. The molecule has 6 heteroatoms. The maximum atomic E-state index is 5.45. The molecule has 0 radical (unpaired) electrons. The highest BCUT2D eigenvalue weighted by Gasteiger charge is 2.15. The van der Waals surface area contributed by atoms with Gasteiger partial charge < -0.3 is 14.8 Å². The normalized spacial score (nSPS) is 13.7. The molecule has 0 saturated carbocycles. The molecule has 0 aliphatic carbocycles. The SMILES string of the molecule is COc1ccc([C@@H](C)N[C@@H](C)Cn2cncn2)c(OC)c1. The Balaban J connectivity index is 2.03. The molecule has 0 saturated heterocycles. The highest BCUT2D eigenvalue weighted by molar-refractivity contribution is 5.42. The van der Waals surface area contributed by atoms with Crippen molar-refractivity contribution in [3.05, 3.63) is 36.4 Å². The Morgan fingerprint density at radius 2 is 2.05 bits per heavy atom. The molecule has 1 heterocycles. The van der Waals surface area contributed by atoms with Crippen LogP contribution in [0, 0.1) is 0 Å². The van der Waals surface area contributed by atoms with Gasteiger partial charge in [-0.3, -0.25) is 4.68 Å². The Kier molecular flexibility index (Phi) is 5.16. The van der Waals surface area contributed by atoms with E-state index in [1.54, 1.807) is 26.9 Å². The molecule has 1 N–H and O–H groups in total. The van der Waals surface area contributed by atoms with Crippen molar-refractivity contribution in [1.82, 2.24) is 20.1 Å². The molecule has 0 aliphatic rings. The maximum Gasteiger partial charge on any atom is 0.137 e. The summed E-state index contributed by atoms with van der Waals surface area (Å²) in [7, 11) is 3.32. The number of methoxy groups -OCH3 is 2. The molecule has 0 fully saturated rings. The van der Waals surface area contributed by atoms with Crippen LogP contribution in [0.5, 0.6) is 11.5 Å². The first-order valence-electron chi connectivity index (χ1n) is 6.94. The van der Waals surface area contributed by atoms with Gasteiger partial charge >= 0.3 is 0 Å². The highest BCUT2D eigenvalue weighted by Crippen LogP contribution is 2.29. The molecule has 2 rings (SSSR count).